The lowest BCUT2D eigenvalue weighted by Crippen LogP contribution is -2.50. The predicted octanol–water partition coefficient (Wildman–Crippen LogP) is 2.63. The van der Waals surface area contributed by atoms with E-state index in [1.807, 2.05) is 48.1 Å². The zero-order chi connectivity index (χ0) is 25.8. The van der Waals surface area contributed by atoms with E-state index in [1.165, 1.54) is 0 Å². The van der Waals surface area contributed by atoms with E-state index in [-0.39, 0.29) is 24.0 Å². The summed E-state index contributed by atoms with van der Waals surface area (Å²) in [5.41, 5.74) is 3.77. The van der Waals surface area contributed by atoms with Crippen LogP contribution in [0.25, 0.3) is 11.2 Å². The number of urea groups is 1. The molecule has 4 heterocycles. The Bertz CT molecular complexity index is 1100. The molecule has 10 nitrogen and oxygen atoms in total. The Labute approximate surface area is 213 Å². The molecule has 3 amide bonds. The molecule has 0 unspecified atom stereocenters. The highest BCUT2D eigenvalue weighted by atomic mass is 16.2. The van der Waals surface area contributed by atoms with Crippen LogP contribution >= 0.6 is 0 Å². The molecule has 0 spiro atoms. The van der Waals surface area contributed by atoms with Crippen LogP contribution in [0.4, 0.5) is 10.5 Å². The van der Waals surface area contributed by atoms with Crippen LogP contribution in [0.1, 0.15) is 44.8 Å². The smallest absolute Gasteiger partial charge is 0.317 e. The molecule has 10 heteroatoms. The molecule has 2 fully saturated rings. The largest absolute Gasteiger partial charge is 0.380 e. The molecular formula is C26H40N8O2. The van der Waals surface area contributed by atoms with Crippen molar-refractivity contribution in [2.75, 3.05) is 52.1 Å². The average Bonchev–Trinajstić information content (AvgIpc) is 3.46. The molecule has 0 aromatic carbocycles. The number of nitrogens with zero attached hydrogens (tertiary/aromatic N) is 6. The third-order valence-electron chi connectivity index (χ3n) is 6.91. The van der Waals surface area contributed by atoms with Gasteiger partial charge in [-0.25, -0.2) is 14.8 Å². The van der Waals surface area contributed by atoms with Crippen LogP contribution in [0.2, 0.25) is 0 Å². The summed E-state index contributed by atoms with van der Waals surface area (Å²) in [6.45, 7) is 9.63. The van der Waals surface area contributed by atoms with E-state index in [0.29, 0.717) is 32.2 Å². The van der Waals surface area contributed by atoms with Gasteiger partial charge in [0.25, 0.3) is 0 Å². The second-order valence-corrected chi connectivity index (χ2v) is 10.5. The summed E-state index contributed by atoms with van der Waals surface area (Å²) in [5, 5.41) is 6.80. The first-order chi connectivity index (χ1) is 17.2. The summed E-state index contributed by atoms with van der Waals surface area (Å²) in [4.78, 5) is 40.3. The van der Waals surface area contributed by atoms with Gasteiger partial charge in [0.05, 0.1) is 12.0 Å². The number of rotatable bonds is 7. The number of piperidine rings is 1. The lowest BCUT2D eigenvalue weighted by Gasteiger charge is -2.33. The first-order valence-electron chi connectivity index (χ1n) is 13.0. The zero-order valence-electron chi connectivity index (χ0n) is 22.2. The summed E-state index contributed by atoms with van der Waals surface area (Å²) in [7, 11) is 3.94. The maximum absolute atomic E-state index is 12.9. The monoisotopic (exact) mass is 496 g/mol. The van der Waals surface area contributed by atoms with Crippen molar-refractivity contribution >= 4 is 28.8 Å². The first kappa shape index (κ1) is 25.9. The molecule has 2 aromatic rings. The average molecular weight is 497 g/mol. The maximum atomic E-state index is 12.9. The van der Waals surface area contributed by atoms with Gasteiger partial charge in [-0.2, -0.15) is 0 Å². The molecule has 1 atom stereocenters. The van der Waals surface area contributed by atoms with E-state index in [4.69, 9.17) is 4.98 Å². The minimum atomic E-state index is -0.0336. The molecule has 0 aliphatic carbocycles. The molecule has 36 heavy (non-hydrogen) atoms. The number of aryl methyl sites for hydroxylation is 1. The molecule has 4 rings (SSSR count). The molecule has 0 radical (unpaired) electrons. The SMILES string of the molecule is Cc1cc(NC2CCN(C(=O)N[C@@H]3CCN(C(=O)/C=C/CN(C)C)C3)CC2)c2ncn(C(C)C)c2n1. The maximum Gasteiger partial charge on any atom is 0.317 e. The minimum absolute atomic E-state index is 0.00342. The molecule has 2 N–H and O–H groups in total. The van der Waals surface area contributed by atoms with Gasteiger partial charge in [-0.1, -0.05) is 6.08 Å². The Kier molecular flexibility index (Phi) is 8.13. The van der Waals surface area contributed by atoms with E-state index in [2.05, 4.69) is 40.1 Å². The van der Waals surface area contributed by atoms with Gasteiger partial charge < -0.3 is 29.9 Å². The fourth-order valence-corrected chi connectivity index (χ4v) is 4.88. The van der Waals surface area contributed by atoms with E-state index in [0.717, 1.165) is 48.4 Å². The number of hydrogen-bond donors (Lipinski definition) is 2. The van der Waals surface area contributed by atoms with Crippen LogP contribution in [-0.2, 0) is 4.79 Å². The second-order valence-electron chi connectivity index (χ2n) is 10.5. The molecule has 0 saturated carbocycles. The third kappa shape index (κ3) is 6.16. The molecule has 2 aliphatic heterocycles. The number of carbonyl (C=O) groups is 2. The molecule has 2 saturated heterocycles. The second kappa shape index (κ2) is 11.3. The normalized spacial score (nSPS) is 19.2. The van der Waals surface area contributed by atoms with Gasteiger partial charge in [-0.3, -0.25) is 4.79 Å². The first-order valence-corrected chi connectivity index (χ1v) is 13.0. The van der Waals surface area contributed by atoms with E-state index >= 15 is 0 Å². The number of likely N-dealkylation sites (N-methyl/N-ethyl adjacent to an activating group) is 1. The topological polar surface area (TPSA) is 98.6 Å². The molecule has 2 aliphatic rings. The summed E-state index contributed by atoms with van der Waals surface area (Å²) < 4.78 is 2.10. The number of carbonyl (C=O) groups excluding carboxylic acids is 2. The van der Waals surface area contributed by atoms with Gasteiger partial charge in [-0.05, 0) is 60.2 Å². The Balaban J connectivity index is 1.26. The van der Waals surface area contributed by atoms with Crippen LogP contribution in [0, 0.1) is 6.92 Å². The van der Waals surface area contributed by atoms with Crippen molar-refractivity contribution in [1.82, 2.24) is 34.6 Å². The van der Waals surface area contributed by atoms with Crippen LogP contribution in [0.5, 0.6) is 0 Å². The fraction of sp³-hybridized carbons (Fsp3) is 0.615. The number of nitrogens with one attached hydrogen (secondary N) is 2. The van der Waals surface area contributed by atoms with Crippen LogP contribution in [-0.4, -0.2) is 100 Å². The summed E-state index contributed by atoms with van der Waals surface area (Å²) in [6, 6.07) is 2.60. The van der Waals surface area contributed by atoms with E-state index < -0.39 is 0 Å². The molecule has 0 bridgehead atoms. The highest BCUT2D eigenvalue weighted by Crippen LogP contribution is 2.26. The van der Waals surface area contributed by atoms with Gasteiger partial charge in [0.15, 0.2) is 5.65 Å². The third-order valence-corrected chi connectivity index (χ3v) is 6.91. The van der Waals surface area contributed by atoms with Gasteiger partial charge in [-0.15, -0.1) is 0 Å². The number of amides is 3. The minimum Gasteiger partial charge on any atom is -0.380 e. The van der Waals surface area contributed by atoms with Crippen molar-refractivity contribution in [3.05, 3.63) is 30.2 Å². The highest BCUT2D eigenvalue weighted by molar-refractivity contribution is 5.88. The summed E-state index contributed by atoms with van der Waals surface area (Å²) in [6.07, 6.45) is 7.89. The van der Waals surface area contributed by atoms with Crippen molar-refractivity contribution < 1.29 is 9.59 Å². The number of likely N-dealkylation sites (tertiary alicyclic amines) is 2. The number of hydrogen-bond acceptors (Lipinski definition) is 6. The fourth-order valence-electron chi connectivity index (χ4n) is 4.88. The number of fused-ring (bicyclic) bond motifs is 1. The van der Waals surface area contributed by atoms with Crippen LogP contribution < -0.4 is 10.6 Å². The van der Waals surface area contributed by atoms with Crippen LogP contribution in [0.3, 0.4) is 0 Å². The zero-order valence-corrected chi connectivity index (χ0v) is 22.2. The summed E-state index contributed by atoms with van der Waals surface area (Å²) in [5.74, 6) is 0.0131. The standard InChI is InChI=1S/C26H40N8O2/c1-18(2)34-17-27-24-22(15-19(3)28-25(24)34)29-20-8-12-32(13-9-20)26(36)30-21-10-14-33(16-21)23(35)7-6-11-31(4)5/h6-7,15,17-18,20-21H,8-14,16H2,1-5H3,(H,28,29)(H,30,36)/b7-6+/t21-/m1/s1. The lowest BCUT2D eigenvalue weighted by molar-refractivity contribution is -0.125. The summed E-state index contributed by atoms with van der Waals surface area (Å²) >= 11 is 0. The number of aromatic nitrogens is 3. The Hall–Kier alpha value is -3.14. The predicted molar refractivity (Wildman–Crippen MR) is 142 cm³/mol. The van der Waals surface area contributed by atoms with Crippen molar-refractivity contribution in [3.63, 3.8) is 0 Å². The van der Waals surface area contributed by atoms with E-state index in [1.54, 1.807) is 6.08 Å². The van der Waals surface area contributed by atoms with Gasteiger partial charge in [0.2, 0.25) is 5.91 Å². The van der Waals surface area contributed by atoms with Gasteiger partial charge >= 0.3 is 6.03 Å². The van der Waals surface area contributed by atoms with Crippen LogP contribution in [0.15, 0.2) is 24.5 Å². The van der Waals surface area contributed by atoms with Gasteiger partial charge in [0, 0.05) is 62.6 Å². The Morgan fingerprint density at radius 3 is 2.53 bits per heavy atom. The highest BCUT2D eigenvalue weighted by Gasteiger charge is 2.29. The van der Waals surface area contributed by atoms with Crippen molar-refractivity contribution in [2.45, 2.75) is 58.2 Å². The Morgan fingerprint density at radius 1 is 1.14 bits per heavy atom. The molecule has 2 aromatic heterocycles. The van der Waals surface area contributed by atoms with Crippen molar-refractivity contribution in [3.8, 4) is 0 Å². The Morgan fingerprint density at radius 2 is 1.83 bits per heavy atom. The number of anilines is 1. The quantitative estimate of drug-likeness (QED) is 0.572. The van der Waals surface area contributed by atoms with Crippen molar-refractivity contribution in [1.29, 1.82) is 0 Å². The van der Waals surface area contributed by atoms with Gasteiger partial charge in [0.1, 0.15) is 5.52 Å². The lowest BCUT2D eigenvalue weighted by atomic mass is 10.0. The number of imidazole rings is 1. The molecule has 196 valence electrons. The number of pyridine rings is 1. The molecular weight excluding hydrogens is 456 g/mol. The van der Waals surface area contributed by atoms with E-state index in [9.17, 15) is 9.59 Å². The van der Waals surface area contributed by atoms with Crippen molar-refractivity contribution in [2.24, 2.45) is 0 Å².